The van der Waals surface area contributed by atoms with E-state index in [-0.39, 0.29) is 12.3 Å². The van der Waals surface area contributed by atoms with Crippen LogP contribution in [0.3, 0.4) is 0 Å². The van der Waals surface area contributed by atoms with Gasteiger partial charge in [0.25, 0.3) is 0 Å². The van der Waals surface area contributed by atoms with Crippen LogP contribution in [0.5, 0.6) is 0 Å². The fraction of sp³-hybridized carbons (Fsp3) is 0.700. The van der Waals surface area contributed by atoms with Crippen LogP contribution in [0.2, 0.25) is 0 Å². The van der Waals surface area contributed by atoms with Crippen molar-refractivity contribution in [3.8, 4) is 12.3 Å². The summed E-state index contributed by atoms with van der Waals surface area (Å²) in [6.45, 7) is 4.66. The summed E-state index contributed by atoms with van der Waals surface area (Å²) in [6.07, 6.45) is 6.38. The van der Waals surface area contributed by atoms with Gasteiger partial charge in [0, 0.05) is 19.1 Å². The van der Waals surface area contributed by atoms with Crippen LogP contribution in [0.4, 0.5) is 0 Å². The Bertz CT molecular complexity index is 213. The zero-order chi connectivity index (χ0) is 9.68. The molecule has 1 fully saturated rings. The number of carbonyl (C=O) groups excluding carboxylic acids is 1. The first-order chi connectivity index (χ1) is 6.29. The Hall–Kier alpha value is -1.01. The quantitative estimate of drug-likeness (QED) is 0.630. The van der Waals surface area contributed by atoms with E-state index in [2.05, 4.69) is 11.2 Å². The van der Waals surface area contributed by atoms with Gasteiger partial charge in [-0.05, 0) is 19.9 Å². The van der Waals surface area contributed by atoms with Gasteiger partial charge < -0.3 is 10.2 Å². The first-order valence-electron chi connectivity index (χ1n) is 4.73. The molecule has 1 heterocycles. The SMILES string of the molecule is C#CCC(=O)N(CC)C1CCNC1. The maximum Gasteiger partial charge on any atom is 0.234 e. The first-order valence-corrected chi connectivity index (χ1v) is 4.73. The number of nitrogens with one attached hydrogen (secondary N) is 1. The fourth-order valence-electron chi connectivity index (χ4n) is 1.73. The van der Waals surface area contributed by atoms with E-state index in [0.717, 1.165) is 26.1 Å². The number of hydrogen-bond acceptors (Lipinski definition) is 2. The lowest BCUT2D eigenvalue weighted by atomic mass is 10.2. The summed E-state index contributed by atoms with van der Waals surface area (Å²) < 4.78 is 0. The molecule has 72 valence electrons. The molecule has 0 saturated carbocycles. The van der Waals surface area contributed by atoms with Gasteiger partial charge >= 0.3 is 0 Å². The second kappa shape index (κ2) is 4.88. The molecule has 1 aliphatic heterocycles. The van der Waals surface area contributed by atoms with E-state index in [1.807, 2.05) is 11.8 Å². The summed E-state index contributed by atoms with van der Waals surface area (Å²) in [6, 6.07) is 0.353. The van der Waals surface area contributed by atoms with E-state index in [9.17, 15) is 4.79 Å². The van der Waals surface area contributed by atoms with Gasteiger partial charge in [0.2, 0.25) is 5.91 Å². The molecule has 3 heteroatoms. The smallest absolute Gasteiger partial charge is 0.234 e. The van der Waals surface area contributed by atoms with Crippen molar-refractivity contribution in [1.82, 2.24) is 10.2 Å². The second-order valence-corrected chi connectivity index (χ2v) is 3.21. The van der Waals surface area contributed by atoms with E-state index in [1.54, 1.807) is 0 Å². The molecule has 3 nitrogen and oxygen atoms in total. The van der Waals surface area contributed by atoms with Gasteiger partial charge in [0.05, 0.1) is 6.42 Å². The van der Waals surface area contributed by atoms with Gasteiger partial charge in [-0.2, -0.15) is 0 Å². The van der Waals surface area contributed by atoms with Crippen molar-refractivity contribution in [3.63, 3.8) is 0 Å². The number of hydrogen-bond donors (Lipinski definition) is 1. The van der Waals surface area contributed by atoms with Crippen LogP contribution in [-0.2, 0) is 4.79 Å². The minimum absolute atomic E-state index is 0.0821. The van der Waals surface area contributed by atoms with Crippen LogP contribution in [0.15, 0.2) is 0 Å². The van der Waals surface area contributed by atoms with Crippen molar-refractivity contribution in [1.29, 1.82) is 0 Å². The molecular weight excluding hydrogens is 164 g/mol. The Morgan fingerprint density at radius 3 is 3.00 bits per heavy atom. The highest BCUT2D eigenvalue weighted by Crippen LogP contribution is 2.09. The Balaban J connectivity index is 2.50. The largest absolute Gasteiger partial charge is 0.338 e. The summed E-state index contributed by atoms with van der Waals surface area (Å²) >= 11 is 0. The van der Waals surface area contributed by atoms with E-state index in [4.69, 9.17) is 6.42 Å². The lowest BCUT2D eigenvalue weighted by molar-refractivity contribution is -0.131. The van der Waals surface area contributed by atoms with Gasteiger partial charge in [-0.1, -0.05) is 5.92 Å². The fourth-order valence-corrected chi connectivity index (χ4v) is 1.73. The van der Waals surface area contributed by atoms with Crippen LogP contribution in [-0.4, -0.2) is 36.5 Å². The van der Waals surface area contributed by atoms with E-state index < -0.39 is 0 Å². The van der Waals surface area contributed by atoms with E-state index >= 15 is 0 Å². The van der Waals surface area contributed by atoms with Gasteiger partial charge in [-0.15, -0.1) is 6.42 Å². The molecule has 0 aromatic heterocycles. The molecule has 0 spiro atoms. The molecule has 0 aromatic rings. The zero-order valence-corrected chi connectivity index (χ0v) is 8.05. The maximum atomic E-state index is 11.5. The predicted molar refractivity (Wildman–Crippen MR) is 52.1 cm³/mol. The molecule has 1 N–H and O–H groups in total. The number of carbonyl (C=O) groups is 1. The zero-order valence-electron chi connectivity index (χ0n) is 8.05. The number of likely N-dealkylation sites (N-methyl/N-ethyl adjacent to an activating group) is 1. The number of rotatable bonds is 3. The van der Waals surface area contributed by atoms with Crippen molar-refractivity contribution in [3.05, 3.63) is 0 Å². The van der Waals surface area contributed by atoms with Crippen LogP contribution < -0.4 is 5.32 Å². The lowest BCUT2D eigenvalue weighted by Crippen LogP contribution is -2.41. The normalized spacial score (nSPS) is 21.1. The first kappa shape index (κ1) is 10.1. The van der Waals surface area contributed by atoms with Crippen molar-refractivity contribution in [2.24, 2.45) is 0 Å². The highest BCUT2D eigenvalue weighted by atomic mass is 16.2. The molecule has 1 amide bonds. The van der Waals surface area contributed by atoms with Gasteiger partial charge in [-0.25, -0.2) is 0 Å². The van der Waals surface area contributed by atoms with E-state index in [1.165, 1.54) is 0 Å². The summed E-state index contributed by atoms with van der Waals surface area (Å²) in [5.74, 6) is 2.48. The highest BCUT2D eigenvalue weighted by Gasteiger charge is 2.24. The number of nitrogens with zero attached hydrogens (tertiary/aromatic N) is 1. The predicted octanol–water partition coefficient (Wildman–Crippen LogP) is 0.220. The van der Waals surface area contributed by atoms with Gasteiger partial charge in [0.15, 0.2) is 0 Å². The van der Waals surface area contributed by atoms with Crippen LogP contribution in [0, 0.1) is 12.3 Å². The summed E-state index contributed by atoms with van der Waals surface area (Å²) in [5.41, 5.74) is 0. The third-order valence-corrected chi connectivity index (χ3v) is 2.39. The molecule has 0 radical (unpaired) electrons. The third kappa shape index (κ3) is 2.46. The van der Waals surface area contributed by atoms with Gasteiger partial charge in [0.1, 0.15) is 0 Å². The number of amides is 1. The Labute approximate surface area is 79.5 Å². The average Bonchev–Trinajstić information content (AvgIpc) is 2.59. The number of terminal acetylenes is 1. The van der Waals surface area contributed by atoms with E-state index in [0.29, 0.717) is 6.04 Å². The molecule has 1 saturated heterocycles. The lowest BCUT2D eigenvalue weighted by Gasteiger charge is -2.26. The molecule has 0 bridgehead atoms. The molecule has 1 unspecified atom stereocenters. The van der Waals surface area contributed by atoms with Crippen molar-refractivity contribution in [2.75, 3.05) is 19.6 Å². The van der Waals surface area contributed by atoms with Crippen LogP contribution in [0.1, 0.15) is 19.8 Å². The molecular formula is C10H16N2O. The van der Waals surface area contributed by atoms with Crippen LogP contribution >= 0.6 is 0 Å². The average molecular weight is 180 g/mol. The summed E-state index contributed by atoms with van der Waals surface area (Å²) in [5, 5.41) is 3.24. The summed E-state index contributed by atoms with van der Waals surface area (Å²) in [7, 11) is 0. The minimum atomic E-state index is 0.0821. The molecule has 0 aromatic carbocycles. The standard InChI is InChI=1S/C10H16N2O/c1-3-5-10(13)12(4-2)9-6-7-11-8-9/h1,9,11H,4-8H2,2H3. The topological polar surface area (TPSA) is 32.3 Å². The van der Waals surface area contributed by atoms with Gasteiger partial charge in [-0.3, -0.25) is 4.79 Å². The van der Waals surface area contributed by atoms with Crippen molar-refractivity contribution < 1.29 is 4.79 Å². The maximum absolute atomic E-state index is 11.5. The molecule has 1 aliphatic rings. The van der Waals surface area contributed by atoms with Crippen molar-refractivity contribution >= 4 is 5.91 Å². The third-order valence-electron chi connectivity index (χ3n) is 2.39. The Morgan fingerprint density at radius 2 is 2.54 bits per heavy atom. The molecule has 0 aliphatic carbocycles. The molecule has 13 heavy (non-hydrogen) atoms. The second-order valence-electron chi connectivity index (χ2n) is 3.21. The minimum Gasteiger partial charge on any atom is -0.338 e. The molecule has 1 atom stereocenters. The van der Waals surface area contributed by atoms with Crippen molar-refractivity contribution in [2.45, 2.75) is 25.8 Å². The summed E-state index contributed by atoms with van der Waals surface area (Å²) in [4.78, 5) is 13.4. The monoisotopic (exact) mass is 180 g/mol. The van der Waals surface area contributed by atoms with Crippen LogP contribution in [0.25, 0.3) is 0 Å². The Kier molecular flexibility index (Phi) is 3.78. The highest BCUT2D eigenvalue weighted by molar-refractivity contribution is 5.78. The Morgan fingerprint density at radius 1 is 1.77 bits per heavy atom. The molecule has 1 rings (SSSR count).